The Labute approximate surface area is 112 Å². The van der Waals surface area contributed by atoms with Gasteiger partial charge in [0.15, 0.2) is 0 Å². The number of halogens is 1. The lowest BCUT2D eigenvalue weighted by molar-refractivity contribution is 0.414. The average molecular weight is 257 g/mol. The zero-order valence-electron chi connectivity index (χ0n) is 9.88. The van der Waals surface area contributed by atoms with Gasteiger partial charge in [0.2, 0.25) is 0 Å². The summed E-state index contributed by atoms with van der Waals surface area (Å²) in [5.41, 5.74) is 3.59. The van der Waals surface area contributed by atoms with Crippen LogP contribution in [0.4, 0.5) is 5.69 Å². The number of para-hydroxylation sites is 1. The minimum Gasteiger partial charge on any atom is -0.354 e. The fourth-order valence-corrected chi connectivity index (χ4v) is 2.22. The van der Waals surface area contributed by atoms with E-state index in [4.69, 9.17) is 11.6 Å². The standard InChI is InChI=1S/C15H13ClN2/c16-14-7-5-12(6-8-14)9-18-10-13-3-1-2-4-15(13)17-11-18/h1-8,11H,9-10H2. The molecule has 0 fully saturated rings. The van der Waals surface area contributed by atoms with Crippen LogP contribution in [0, 0.1) is 0 Å². The van der Waals surface area contributed by atoms with Crippen LogP contribution in [-0.2, 0) is 13.1 Å². The topological polar surface area (TPSA) is 15.6 Å². The maximum absolute atomic E-state index is 5.88. The van der Waals surface area contributed by atoms with Crippen molar-refractivity contribution in [2.75, 3.05) is 0 Å². The van der Waals surface area contributed by atoms with Crippen molar-refractivity contribution in [3.8, 4) is 0 Å². The summed E-state index contributed by atoms with van der Waals surface area (Å²) >= 11 is 5.88. The van der Waals surface area contributed by atoms with Gasteiger partial charge in [-0.25, -0.2) is 4.99 Å². The molecule has 0 spiro atoms. The van der Waals surface area contributed by atoms with E-state index in [9.17, 15) is 0 Å². The maximum atomic E-state index is 5.88. The number of aliphatic imine (C=N–C) groups is 1. The number of fused-ring (bicyclic) bond motifs is 1. The van der Waals surface area contributed by atoms with Gasteiger partial charge in [0, 0.05) is 18.1 Å². The van der Waals surface area contributed by atoms with Gasteiger partial charge in [-0.15, -0.1) is 0 Å². The maximum Gasteiger partial charge on any atom is 0.0918 e. The number of hydrogen-bond acceptors (Lipinski definition) is 2. The fourth-order valence-electron chi connectivity index (χ4n) is 2.10. The molecule has 90 valence electrons. The number of nitrogens with zero attached hydrogens (tertiary/aromatic N) is 2. The lowest BCUT2D eigenvalue weighted by atomic mass is 10.1. The molecule has 0 N–H and O–H groups in total. The van der Waals surface area contributed by atoms with E-state index in [1.54, 1.807) is 0 Å². The van der Waals surface area contributed by atoms with Gasteiger partial charge in [-0.2, -0.15) is 0 Å². The first-order valence-electron chi connectivity index (χ1n) is 5.92. The molecule has 0 aliphatic carbocycles. The van der Waals surface area contributed by atoms with Crippen molar-refractivity contribution < 1.29 is 0 Å². The Balaban J connectivity index is 1.75. The van der Waals surface area contributed by atoms with Gasteiger partial charge in [0.05, 0.1) is 12.0 Å². The molecule has 0 unspecified atom stereocenters. The highest BCUT2D eigenvalue weighted by Crippen LogP contribution is 2.24. The lowest BCUT2D eigenvalue weighted by Crippen LogP contribution is -2.23. The van der Waals surface area contributed by atoms with E-state index in [0.717, 1.165) is 23.8 Å². The van der Waals surface area contributed by atoms with Crippen LogP contribution in [0.25, 0.3) is 0 Å². The molecular weight excluding hydrogens is 244 g/mol. The van der Waals surface area contributed by atoms with E-state index in [-0.39, 0.29) is 0 Å². The molecule has 0 saturated heterocycles. The second kappa shape index (κ2) is 4.83. The highest BCUT2D eigenvalue weighted by Gasteiger charge is 2.11. The van der Waals surface area contributed by atoms with Crippen molar-refractivity contribution in [2.45, 2.75) is 13.1 Å². The largest absolute Gasteiger partial charge is 0.354 e. The molecule has 3 heteroatoms. The molecule has 0 saturated carbocycles. The number of rotatable bonds is 2. The molecule has 2 nitrogen and oxygen atoms in total. The van der Waals surface area contributed by atoms with Crippen molar-refractivity contribution in [1.82, 2.24) is 4.90 Å². The summed E-state index contributed by atoms with van der Waals surface area (Å²) in [4.78, 5) is 6.66. The monoisotopic (exact) mass is 256 g/mol. The Morgan fingerprint density at radius 1 is 1.06 bits per heavy atom. The highest BCUT2D eigenvalue weighted by atomic mass is 35.5. The van der Waals surface area contributed by atoms with Gasteiger partial charge in [-0.1, -0.05) is 41.9 Å². The van der Waals surface area contributed by atoms with E-state index in [1.165, 1.54) is 11.1 Å². The summed E-state index contributed by atoms with van der Waals surface area (Å²) in [5.74, 6) is 0. The van der Waals surface area contributed by atoms with Crippen molar-refractivity contribution in [2.24, 2.45) is 4.99 Å². The zero-order valence-corrected chi connectivity index (χ0v) is 10.6. The van der Waals surface area contributed by atoms with E-state index < -0.39 is 0 Å². The Morgan fingerprint density at radius 3 is 2.67 bits per heavy atom. The molecule has 0 atom stereocenters. The lowest BCUT2D eigenvalue weighted by Gasteiger charge is -2.24. The molecule has 0 amide bonds. The van der Waals surface area contributed by atoms with E-state index in [0.29, 0.717) is 0 Å². The van der Waals surface area contributed by atoms with Gasteiger partial charge in [0.25, 0.3) is 0 Å². The average Bonchev–Trinajstić information content (AvgIpc) is 2.41. The smallest absolute Gasteiger partial charge is 0.0918 e. The van der Waals surface area contributed by atoms with E-state index in [2.05, 4.69) is 34.2 Å². The predicted octanol–water partition coefficient (Wildman–Crippen LogP) is 4.02. The summed E-state index contributed by atoms with van der Waals surface area (Å²) in [5, 5.41) is 0.774. The van der Waals surface area contributed by atoms with Gasteiger partial charge >= 0.3 is 0 Å². The van der Waals surface area contributed by atoms with Crippen molar-refractivity contribution >= 4 is 23.6 Å². The SMILES string of the molecule is Clc1ccc(CN2C=Nc3ccccc3C2)cc1. The third kappa shape index (κ3) is 2.39. The molecule has 0 radical (unpaired) electrons. The Morgan fingerprint density at radius 2 is 1.83 bits per heavy atom. The third-order valence-electron chi connectivity index (χ3n) is 3.02. The number of hydrogen-bond donors (Lipinski definition) is 0. The molecule has 2 aromatic rings. The van der Waals surface area contributed by atoms with Crippen LogP contribution >= 0.6 is 11.6 Å². The van der Waals surface area contributed by atoms with Crippen LogP contribution in [0.2, 0.25) is 5.02 Å². The number of benzene rings is 2. The summed E-state index contributed by atoms with van der Waals surface area (Å²) in [6, 6.07) is 16.2. The van der Waals surface area contributed by atoms with Crippen LogP contribution in [0.15, 0.2) is 53.5 Å². The van der Waals surface area contributed by atoms with Crippen LogP contribution in [0.1, 0.15) is 11.1 Å². The predicted molar refractivity (Wildman–Crippen MR) is 75.3 cm³/mol. The molecule has 18 heavy (non-hydrogen) atoms. The van der Waals surface area contributed by atoms with Crippen LogP contribution in [0.5, 0.6) is 0 Å². The molecular formula is C15H13ClN2. The molecule has 2 aromatic carbocycles. The van der Waals surface area contributed by atoms with Gasteiger partial charge in [-0.3, -0.25) is 0 Å². The Kier molecular flexibility index (Phi) is 3.03. The summed E-state index contributed by atoms with van der Waals surface area (Å²) < 4.78 is 0. The second-order valence-corrected chi connectivity index (χ2v) is 4.84. The first-order valence-corrected chi connectivity index (χ1v) is 6.30. The van der Waals surface area contributed by atoms with Gasteiger partial charge in [-0.05, 0) is 29.3 Å². The molecule has 1 aliphatic rings. The minimum atomic E-state index is 0.774. The Bertz CT molecular complexity index is 575. The minimum absolute atomic E-state index is 0.774. The first-order chi connectivity index (χ1) is 8.81. The first kappa shape index (κ1) is 11.3. The van der Waals surface area contributed by atoms with Crippen LogP contribution in [-0.4, -0.2) is 11.2 Å². The molecule has 1 heterocycles. The normalized spacial score (nSPS) is 13.5. The summed E-state index contributed by atoms with van der Waals surface area (Å²) in [6.07, 6.45) is 1.91. The Hall–Kier alpha value is -1.80. The fraction of sp³-hybridized carbons (Fsp3) is 0.133. The second-order valence-electron chi connectivity index (χ2n) is 4.40. The van der Waals surface area contributed by atoms with Crippen molar-refractivity contribution in [3.63, 3.8) is 0 Å². The third-order valence-corrected chi connectivity index (χ3v) is 3.28. The van der Waals surface area contributed by atoms with Crippen molar-refractivity contribution in [1.29, 1.82) is 0 Å². The molecule has 0 aromatic heterocycles. The van der Waals surface area contributed by atoms with E-state index >= 15 is 0 Å². The molecule has 3 rings (SSSR count). The summed E-state index contributed by atoms with van der Waals surface area (Å²) in [6.45, 7) is 1.76. The van der Waals surface area contributed by atoms with Gasteiger partial charge < -0.3 is 4.90 Å². The van der Waals surface area contributed by atoms with Crippen LogP contribution in [0.3, 0.4) is 0 Å². The van der Waals surface area contributed by atoms with Crippen molar-refractivity contribution in [3.05, 3.63) is 64.7 Å². The quantitative estimate of drug-likeness (QED) is 0.793. The van der Waals surface area contributed by atoms with Crippen LogP contribution < -0.4 is 0 Å². The van der Waals surface area contributed by atoms with Gasteiger partial charge in [0.1, 0.15) is 0 Å². The molecule has 1 aliphatic heterocycles. The highest BCUT2D eigenvalue weighted by molar-refractivity contribution is 6.30. The molecule has 0 bridgehead atoms. The summed E-state index contributed by atoms with van der Waals surface area (Å²) in [7, 11) is 0. The van der Waals surface area contributed by atoms with E-state index in [1.807, 2.05) is 30.6 Å². The zero-order chi connectivity index (χ0) is 12.4.